The first-order chi connectivity index (χ1) is 19.4. The highest BCUT2D eigenvalue weighted by Gasteiger charge is 2.58. The molecule has 3 heterocycles. The van der Waals surface area contributed by atoms with Crippen molar-refractivity contribution in [3.8, 4) is 18.1 Å². The van der Waals surface area contributed by atoms with Gasteiger partial charge < -0.3 is 24.0 Å². The average Bonchev–Trinajstić information content (AvgIpc) is 3.45. The molecule has 0 amide bonds. The van der Waals surface area contributed by atoms with Crippen LogP contribution in [-0.2, 0) is 23.4 Å². The average molecular weight is 591 g/mol. The first-order valence-electron chi connectivity index (χ1n) is 12.7. The van der Waals surface area contributed by atoms with E-state index in [1.165, 1.54) is 30.0 Å². The van der Waals surface area contributed by atoms with Crippen molar-refractivity contribution >= 4 is 30.7 Å². The highest BCUT2D eigenvalue weighted by molar-refractivity contribution is 7.52. The van der Waals surface area contributed by atoms with Crippen LogP contribution in [0, 0.1) is 19.3 Å². The van der Waals surface area contributed by atoms with Crippen LogP contribution in [0.2, 0.25) is 0 Å². The zero-order chi connectivity index (χ0) is 29.9. The Balaban J connectivity index is 1.61. The van der Waals surface area contributed by atoms with E-state index in [2.05, 4.69) is 20.0 Å². The van der Waals surface area contributed by atoms with E-state index in [1.54, 1.807) is 51.0 Å². The SMILES string of the molecule is C#C[C@@]1(F)[C@H](O)[C@@H](CO[P@@](=O)(N[C@H](C)C(=O)OCC)Oc2ccccc2)O[C@H]1n1cnc2c(N(C)C)nc(C)nc21. The maximum atomic E-state index is 16.2. The van der Waals surface area contributed by atoms with Gasteiger partial charge in [-0.05, 0) is 32.9 Å². The molecule has 15 heteroatoms. The number of rotatable bonds is 11. The summed E-state index contributed by atoms with van der Waals surface area (Å²) in [4.78, 5) is 27.0. The molecule has 3 aromatic rings. The van der Waals surface area contributed by atoms with Gasteiger partial charge in [-0.25, -0.2) is 23.9 Å². The first-order valence-corrected chi connectivity index (χ1v) is 14.3. The van der Waals surface area contributed by atoms with Crippen LogP contribution in [0.3, 0.4) is 0 Å². The zero-order valence-corrected chi connectivity index (χ0v) is 24.1. The third-order valence-electron chi connectivity index (χ3n) is 6.23. The predicted molar refractivity (Wildman–Crippen MR) is 147 cm³/mol. The molecule has 1 fully saturated rings. The van der Waals surface area contributed by atoms with Crippen molar-refractivity contribution in [3.63, 3.8) is 0 Å². The van der Waals surface area contributed by atoms with E-state index in [0.717, 1.165) is 0 Å². The molecule has 0 aliphatic carbocycles. The van der Waals surface area contributed by atoms with E-state index in [0.29, 0.717) is 17.2 Å². The number of fused-ring (bicyclic) bond motifs is 1. The summed E-state index contributed by atoms with van der Waals surface area (Å²) >= 11 is 0. The minimum Gasteiger partial charge on any atom is -0.465 e. The number of benzene rings is 1. The number of hydrogen-bond donors (Lipinski definition) is 2. The smallest absolute Gasteiger partial charge is 0.459 e. The van der Waals surface area contributed by atoms with Crippen LogP contribution in [0.15, 0.2) is 36.7 Å². The molecule has 41 heavy (non-hydrogen) atoms. The summed E-state index contributed by atoms with van der Waals surface area (Å²) in [7, 11) is -0.759. The van der Waals surface area contributed by atoms with Gasteiger partial charge in [0.25, 0.3) is 0 Å². The van der Waals surface area contributed by atoms with Gasteiger partial charge in [-0.2, -0.15) is 5.09 Å². The number of aryl methyl sites for hydroxylation is 1. The molecule has 0 bridgehead atoms. The van der Waals surface area contributed by atoms with E-state index in [-0.39, 0.29) is 18.0 Å². The lowest BCUT2D eigenvalue weighted by Crippen LogP contribution is -2.42. The number of hydrogen-bond acceptors (Lipinski definition) is 11. The van der Waals surface area contributed by atoms with E-state index in [1.807, 2.05) is 5.92 Å². The number of terminal acetylenes is 1. The second-order valence-electron chi connectivity index (χ2n) is 9.50. The quantitative estimate of drug-likeness (QED) is 0.192. The summed E-state index contributed by atoms with van der Waals surface area (Å²) in [6, 6.07) is 6.99. The van der Waals surface area contributed by atoms with Gasteiger partial charge in [-0.1, -0.05) is 24.1 Å². The number of halogens is 1. The Labute approximate surface area is 236 Å². The van der Waals surface area contributed by atoms with Gasteiger partial charge in [0.2, 0.25) is 5.67 Å². The maximum Gasteiger partial charge on any atom is 0.459 e. The minimum absolute atomic E-state index is 0.104. The number of aliphatic hydroxyl groups excluding tert-OH is 1. The summed E-state index contributed by atoms with van der Waals surface area (Å²) < 4.78 is 53.3. The van der Waals surface area contributed by atoms with Crippen LogP contribution in [0.25, 0.3) is 11.2 Å². The van der Waals surface area contributed by atoms with Crippen molar-refractivity contribution in [2.75, 3.05) is 32.2 Å². The standard InChI is InChI=1S/C26H32FN6O7P/c1-7-26(27)21(34)19(39-25(26)33-15-28-20-22(32(5)6)29-17(4)30-23(20)33)14-38-41(36,31-16(3)24(35)37-8-2)40-18-12-10-9-11-13-18/h1,9-13,15-16,19,21,25,34H,8,14H2,2-6H3,(H,31,36)/t16-,19-,21-,25-,26-,41+/m1/s1. The maximum absolute atomic E-state index is 16.2. The van der Waals surface area contributed by atoms with Gasteiger partial charge >= 0.3 is 13.7 Å². The lowest BCUT2D eigenvalue weighted by atomic mass is 9.97. The van der Waals surface area contributed by atoms with Crippen LogP contribution in [-0.4, -0.2) is 81.8 Å². The van der Waals surface area contributed by atoms with E-state index < -0.39 is 50.5 Å². The molecule has 2 aromatic heterocycles. The summed E-state index contributed by atoms with van der Waals surface area (Å²) in [6.45, 7) is 4.20. The van der Waals surface area contributed by atoms with E-state index >= 15 is 4.39 Å². The number of imidazole rings is 1. The second-order valence-corrected chi connectivity index (χ2v) is 11.2. The molecule has 1 aliphatic rings. The molecule has 1 saturated heterocycles. The molecule has 4 rings (SSSR count). The Bertz CT molecular complexity index is 1480. The van der Waals surface area contributed by atoms with Crippen molar-refractivity contribution in [2.45, 2.75) is 50.9 Å². The molecule has 0 radical (unpaired) electrons. The molecule has 13 nitrogen and oxygen atoms in total. The van der Waals surface area contributed by atoms with Crippen molar-refractivity contribution < 1.29 is 37.4 Å². The van der Waals surface area contributed by atoms with Crippen LogP contribution in [0.5, 0.6) is 5.75 Å². The highest BCUT2D eigenvalue weighted by atomic mass is 31.2. The van der Waals surface area contributed by atoms with Gasteiger partial charge in [-0.15, -0.1) is 6.42 Å². The molecule has 0 unspecified atom stereocenters. The van der Waals surface area contributed by atoms with E-state index in [9.17, 15) is 14.5 Å². The lowest BCUT2D eigenvalue weighted by molar-refractivity contribution is -0.144. The van der Waals surface area contributed by atoms with Crippen LogP contribution >= 0.6 is 7.75 Å². The number of aromatic nitrogens is 4. The summed E-state index contributed by atoms with van der Waals surface area (Å²) in [5, 5.41) is 13.5. The van der Waals surface area contributed by atoms with Gasteiger partial charge in [0, 0.05) is 14.1 Å². The monoisotopic (exact) mass is 590 g/mol. The van der Waals surface area contributed by atoms with Gasteiger partial charge in [0.05, 0.1) is 19.5 Å². The Morgan fingerprint density at radius 2 is 2.07 bits per heavy atom. The first kappa shape index (κ1) is 30.4. The molecule has 1 aromatic carbocycles. The number of nitrogens with one attached hydrogen (secondary N) is 1. The number of carbonyl (C=O) groups excluding carboxylic acids is 1. The number of ether oxygens (including phenoxy) is 2. The summed E-state index contributed by atoms with van der Waals surface area (Å²) in [5.41, 5.74) is -2.13. The van der Waals surface area contributed by atoms with Crippen LogP contribution in [0.1, 0.15) is 25.9 Å². The number of carbonyl (C=O) groups is 1. The largest absolute Gasteiger partial charge is 0.465 e. The fourth-order valence-corrected chi connectivity index (χ4v) is 5.74. The highest BCUT2D eigenvalue weighted by Crippen LogP contribution is 2.48. The minimum atomic E-state index is -4.31. The number of alkyl halides is 1. The van der Waals surface area contributed by atoms with Crippen molar-refractivity contribution in [1.82, 2.24) is 24.6 Å². The Morgan fingerprint density at radius 1 is 1.37 bits per heavy atom. The van der Waals surface area contributed by atoms with Crippen molar-refractivity contribution in [2.24, 2.45) is 0 Å². The second kappa shape index (κ2) is 12.1. The predicted octanol–water partition coefficient (Wildman–Crippen LogP) is 2.55. The third kappa shape index (κ3) is 6.19. The normalized spacial score (nSPS) is 24.4. The number of esters is 1. The zero-order valence-electron chi connectivity index (χ0n) is 23.2. The molecule has 2 N–H and O–H groups in total. The molecular formula is C26H32FN6O7P. The van der Waals surface area contributed by atoms with Crippen LogP contribution < -0.4 is 14.5 Å². The lowest BCUT2D eigenvalue weighted by Gasteiger charge is -2.25. The Morgan fingerprint density at radius 3 is 2.71 bits per heavy atom. The number of anilines is 1. The third-order valence-corrected chi connectivity index (χ3v) is 7.87. The topological polar surface area (TPSA) is 150 Å². The van der Waals surface area contributed by atoms with Crippen molar-refractivity contribution in [1.29, 1.82) is 0 Å². The molecule has 1 aliphatic heterocycles. The van der Waals surface area contributed by atoms with Crippen molar-refractivity contribution in [3.05, 3.63) is 42.5 Å². The summed E-state index contributed by atoms with van der Waals surface area (Å²) in [6.07, 6.45) is 1.98. The Hall–Kier alpha value is -3.60. The Kier molecular flexibility index (Phi) is 8.96. The van der Waals surface area contributed by atoms with Gasteiger partial charge in [0.1, 0.15) is 29.8 Å². The molecular weight excluding hydrogens is 558 g/mol. The molecule has 0 spiro atoms. The molecule has 220 valence electrons. The number of para-hydroxylation sites is 1. The summed E-state index contributed by atoms with van der Waals surface area (Å²) in [5.74, 6) is 2.37. The number of aliphatic hydroxyl groups is 1. The van der Waals surface area contributed by atoms with Gasteiger partial charge in [-0.3, -0.25) is 13.9 Å². The fourth-order valence-electron chi connectivity index (χ4n) is 4.24. The molecule has 0 saturated carbocycles. The molecule has 6 atom stereocenters. The fraction of sp³-hybridized carbons (Fsp3) is 0.462. The number of nitrogens with zero attached hydrogens (tertiary/aromatic N) is 5. The van der Waals surface area contributed by atoms with Gasteiger partial charge in [0.15, 0.2) is 23.2 Å². The van der Waals surface area contributed by atoms with Crippen LogP contribution in [0.4, 0.5) is 10.2 Å². The van der Waals surface area contributed by atoms with E-state index in [4.69, 9.17) is 24.9 Å².